The van der Waals surface area contributed by atoms with Gasteiger partial charge in [0.15, 0.2) is 5.11 Å². The molecule has 1 heterocycles. The van der Waals surface area contributed by atoms with Crippen molar-refractivity contribution in [1.29, 1.82) is 0 Å². The summed E-state index contributed by atoms with van der Waals surface area (Å²) in [5, 5.41) is 6.29. The molecule has 1 aromatic rings. The van der Waals surface area contributed by atoms with Crippen molar-refractivity contribution in [2.24, 2.45) is 16.3 Å². The first-order valence-electron chi connectivity index (χ1n) is 5.43. The molecule has 0 fully saturated rings. The second-order valence-electron chi connectivity index (χ2n) is 4.53. The molecule has 1 aromatic carbocycles. The summed E-state index contributed by atoms with van der Waals surface area (Å²) in [4.78, 5) is 0. The lowest BCUT2D eigenvalue weighted by molar-refractivity contribution is 0.534. The van der Waals surface area contributed by atoms with Gasteiger partial charge >= 0.3 is 0 Å². The monoisotopic (exact) mass is 245 g/mol. The Morgan fingerprint density at radius 3 is 2.53 bits per heavy atom. The van der Waals surface area contributed by atoms with Crippen molar-refractivity contribution in [1.82, 2.24) is 5.01 Å². The van der Waals surface area contributed by atoms with Crippen LogP contribution in [0.4, 0.5) is 0 Å². The van der Waals surface area contributed by atoms with Crippen LogP contribution in [0.1, 0.15) is 19.4 Å². The van der Waals surface area contributed by atoms with Crippen molar-refractivity contribution >= 4 is 23.0 Å². The topological polar surface area (TPSA) is 41.6 Å². The number of hydrazone groups is 1. The Bertz CT molecular complexity index is 489. The van der Waals surface area contributed by atoms with Crippen LogP contribution in [0.5, 0.6) is 0 Å². The van der Waals surface area contributed by atoms with Crippen molar-refractivity contribution < 1.29 is 0 Å². The van der Waals surface area contributed by atoms with Crippen LogP contribution in [0.15, 0.2) is 47.7 Å². The fraction of sp³-hybridized carbons (Fsp3) is 0.231. The molecule has 0 bridgehead atoms. The van der Waals surface area contributed by atoms with E-state index in [9.17, 15) is 0 Å². The van der Waals surface area contributed by atoms with Crippen molar-refractivity contribution in [3.8, 4) is 0 Å². The van der Waals surface area contributed by atoms with E-state index in [0.29, 0.717) is 0 Å². The molecule has 0 radical (unpaired) electrons. The smallest absolute Gasteiger partial charge is 0.191 e. The average molecular weight is 245 g/mol. The van der Waals surface area contributed by atoms with Crippen molar-refractivity contribution in [2.75, 3.05) is 0 Å². The van der Waals surface area contributed by atoms with Crippen molar-refractivity contribution in [3.63, 3.8) is 0 Å². The number of rotatable bonds is 1. The molecule has 0 saturated carbocycles. The van der Waals surface area contributed by atoms with Gasteiger partial charge in [0, 0.05) is 11.6 Å². The maximum Gasteiger partial charge on any atom is 0.191 e. The van der Waals surface area contributed by atoms with Crippen LogP contribution in [-0.4, -0.2) is 15.8 Å². The van der Waals surface area contributed by atoms with Crippen LogP contribution in [0.25, 0.3) is 0 Å². The molecule has 0 unspecified atom stereocenters. The maximum atomic E-state index is 5.60. The number of hydrogen-bond donors (Lipinski definition) is 1. The first-order chi connectivity index (χ1) is 8.00. The number of allylic oxidation sites excluding steroid dienone is 1. The molecule has 2 rings (SSSR count). The van der Waals surface area contributed by atoms with Crippen LogP contribution in [0.2, 0.25) is 0 Å². The van der Waals surface area contributed by atoms with E-state index in [1.54, 1.807) is 0 Å². The molecule has 1 aliphatic rings. The zero-order chi connectivity index (χ0) is 12.5. The van der Waals surface area contributed by atoms with Crippen molar-refractivity contribution in [3.05, 3.63) is 48.2 Å². The molecule has 3 nitrogen and oxygen atoms in total. The van der Waals surface area contributed by atoms with E-state index in [4.69, 9.17) is 18.0 Å². The Kier molecular flexibility index (Phi) is 2.98. The maximum absolute atomic E-state index is 5.60. The zero-order valence-corrected chi connectivity index (χ0v) is 10.7. The molecule has 0 aliphatic carbocycles. The van der Waals surface area contributed by atoms with Gasteiger partial charge in [-0.1, -0.05) is 50.3 Å². The number of nitrogens with two attached hydrogens (primary N) is 1. The minimum Gasteiger partial charge on any atom is -0.374 e. The van der Waals surface area contributed by atoms with Gasteiger partial charge in [-0.3, -0.25) is 0 Å². The third-order valence-corrected chi connectivity index (χ3v) is 2.91. The van der Waals surface area contributed by atoms with Gasteiger partial charge in [0.25, 0.3) is 0 Å². The summed E-state index contributed by atoms with van der Waals surface area (Å²) in [6.45, 7) is 4.23. The Morgan fingerprint density at radius 1 is 1.29 bits per heavy atom. The molecule has 0 spiro atoms. The molecule has 2 N–H and O–H groups in total. The summed E-state index contributed by atoms with van der Waals surface area (Å²) in [7, 11) is 0. The largest absolute Gasteiger partial charge is 0.374 e. The fourth-order valence-electron chi connectivity index (χ4n) is 1.75. The standard InChI is InChI=1S/C13H15N3S/c1-13(2)8-9-16(12(14)17)15-11(13)10-6-4-3-5-7-10/h3-9H,1-2H3,(H2,14,17). The van der Waals surface area contributed by atoms with Gasteiger partial charge in [0.2, 0.25) is 0 Å². The van der Waals surface area contributed by atoms with Crippen LogP contribution in [0.3, 0.4) is 0 Å². The number of hydrogen-bond acceptors (Lipinski definition) is 2. The van der Waals surface area contributed by atoms with E-state index in [2.05, 4.69) is 25.0 Å². The van der Waals surface area contributed by atoms with E-state index in [1.165, 1.54) is 5.01 Å². The van der Waals surface area contributed by atoms with E-state index in [0.717, 1.165) is 11.3 Å². The first kappa shape index (κ1) is 11.8. The zero-order valence-electron chi connectivity index (χ0n) is 9.92. The van der Waals surface area contributed by atoms with Gasteiger partial charge < -0.3 is 5.73 Å². The third-order valence-electron chi connectivity index (χ3n) is 2.72. The van der Waals surface area contributed by atoms with Crippen LogP contribution >= 0.6 is 12.2 Å². The second kappa shape index (κ2) is 4.30. The highest BCUT2D eigenvalue weighted by Crippen LogP contribution is 2.28. The van der Waals surface area contributed by atoms with Crippen molar-refractivity contribution in [2.45, 2.75) is 13.8 Å². The van der Waals surface area contributed by atoms with Crippen LogP contribution in [-0.2, 0) is 0 Å². The summed E-state index contributed by atoms with van der Waals surface area (Å²) in [5.41, 5.74) is 7.53. The van der Waals surface area contributed by atoms with E-state index < -0.39 is 0 Å². The molecular weight excluding hydrogens is 230 g/mol. The molecule has 0 saturated heterocycles. The lowest BCUT2D eigenvalue weighted by Gasteiger charge is -2.30. The lowest BCUT2D eigenvalue weighted by atomic mass is 9.83. The minimum atomic E-state index is -0.122. The number of benzene rings is 1. The summed E-state index contributed by atoms with van der Waals surface area (Å²) >= 11 is 4.94. The summed E-state index contributed by atoms with van der Waals surface area (Å²) in [6.07, 6.45) is 3.87. The predicted molar refractivity (Wildman–Crippen MR) is 74.5 cm³/mol. The molecule has 0 aromatic heterocycles. The normalized spacial score (nSPS) is 17.8. The minimum absolute atomic E-state index is 0.122. The fourth-order valence-corrected chi connectivity index (χ4v) is 1.86. The van der Waals surface area contributed by atoms with Gasteiger partial charge in [0.05, 0.1) is 5.71 Å². The summed E-state index contributed by atoms with van der Waals surface area (Å²) < 4.78 is 0. The molecule has 0 amide bonds. The third kappa shape index (κ3) is 2.36. The average Bonchev–Trinajstić information content (AvgIpc) is 2.29. The second-order valence-corrected chi connectivity index (χ2v) is 4.95. The Morgan fingerprint density at radius 2 is 1.94 bits per heavy atom. The van der Waals surface area contributed by atoms with E-state index in [1.807, 2.05) is 36.5 Å². The van der Waals surface area contributed by atoms with Crippen LogP contribution < -0.4 is 5.73 Å². The Balaban J connectivity index is 2.45. The quantitative estimate of drug-likeness (QED) is 0.773. The van der Waals surface area contributed by atoms with Gasteiger partial charge in [-0.05, 0) is 17.8 Å². The van der Waals surface area contributed by atoms with Gasteiger partial charge in [0.1, 0.15) is 0 Å². The molecule has 1 aliphatic heterocycles. The molecular formula is C13H15N3S. The highest BCUT2D eigenvalue weighted by atomic mass is 32.1. The lowest BCUT2D eigenvalue weighted by Crippen LogP contribution is -2.35. The first-order valence-corrected chi connectivity index (χ1v) is 5.84. The van der Waals surface area contributed by atoms with Gasteiger partial charge in [-0.2, -0.15) is 5.10 Å². The highest BCUT2D eigenvalue weighted by molar-refractivity contribution is 7.80. The Labute approximate surface area is 107 Å². The van der Waals surface area contributed by atoms with E-state index in [-0.39, 0.29) is 10.5 Å². The summed E-state index contributed by atoms with van der Waals surface area (Å²) in [5.74, 6) is 0. The predicted octanol–water partition coefficient (Wildman–Crippen LogP) is 2.49. The molecule has 4 heteroatoms. The van der Waals surface area contributed by atoms with Crippen LogP contribution in [0, 0.1) is 5.41 Å². The Hall–Kier alpha value is -1.68. The highest BCUT2D eigenvalue weighted by Gasteiger charge is 2.28. The number of nitrogens with zero attached hydrogens (tertiary/aromatic N) is 2. The molecule has 17 heavy (non-hydrogen) atoms. The number of thiocarbonyl (C=S) groups is 1. The molecule has 0 atom stereocenters. The van der Waals surface area contributed by atoms with Gasteiger partial charge in [-0.25, -0.2) is 5.01 Å². The SMILES string of the molecule is CC1(C)C=CN(C(N)=S)N=C1c1ccccc1. The van der Waals surface area contributed by atoms with Gasteiger partial charge in [-0.15, -0.1) is 0 Å². The van der Waals surface area contributed by atoms with E-state index >= 15 is 0 Å². The summed E-state index contributed by atoms with van der Waals surface area (Å²) in [6, 6.07) is 10.1. The molecule has 88 valence electrons.